The molecule has 1 atom stereocenters. The molecular formula is C23H27F2N3O3. The lowest BCUT2D eigenvalue weighted by molar-refractivity contribution is -0.133. The Balaban J connectivity index is 1.73. The van der Waals surface area contributed by atoms with E-state index in [1.807, 2.05) is 0 Å². The highest BCUT2D eigenvalue weighted by molar-refractivity contribution is 5.94. The van der Waals surface area contributed by atoms with Gasteiger partial charge in [-0.05, 0) is 43.4 Å². The van der Waals surface area contributed by atoms with Crippen molar-refractivity contribution in [2.75, 3.05) is 13.2 Å². The molecule has 1 saturated carbocycles. The van der Waals surface area contributed by atoms with Gasteiger partial charge in [0.2, 0.25) is 0 Å². The average Bonchev–Trinajstić information content (AvgIpc) is 2.72. The van der Waals surface area contributed by atoms with Crippen molar-refractivity contribution < 1.29 is 23.0 Å². The van der Waals surface area contributed by atoms with Crippen LogP contribution in [0.15, 0.2) is 36.4 Å². The van der Waals surface area contributed by atoms with E-state index in [9.17, 15) is 9.18 Å². The zero-order chi connectivity index (χ0) is 22.4. The third kappa shape index (κ3) is 5.58. The van der Waals surface area contributed by atoms with Crippen LogP contribution in [0.4, 0.5) is 8.78 Å². The lowest BCUT2D eigenvalue weighted by Gasteiger charge is -2.25. The maximum Gasteiger partial charge on any atom is 0.254 e. The number of halogens is 2. The number of hydrogen-bond donors (Lipinski definition) is 3. The van der Waals surface area contributed by atoms with Gasteiger partial charge in [0.15, 0.2) is 17.7 Å². The number of nitrogens with one attached hydrogen (secondary N) is 2. The number of amidine groups is 1. The Morgan fingerprint density at radius 2 is 1.94 bits per heavy atom. The van der Waals surface area contributed by atoms with E-state index < -0.39 is 29.2 Å². The minimum absolute atomic E-state index is 0.0580. The molecule has 8 heteroatoms. The summed E-state index contributed by atoms with van der Waals surface area (Å²) < 4.78 is 40.6. The summed E-state index contributed by atoms with van der Waals surface area (Å²) in [6, 6.07) is 9.07. The molecule has 0 aromatic heterocycles. The topological polar surface area (TPSA) is 97.4 Å². The predicted octanol–water partition coefficient (Wildman–Crippen LogP) is 3.82. The molecular weight excluding hydrogens is 404 g/mol. The van der Waals surface area contributed by atoms with E-state index >= 15 is 4.39 Å². The number of carbonyl (C=O) groups excluding carboxylic acids is 1. The van der Waals surface area contributed by atoms with Crippen molar-refractivity contribution in [3.05, 3.63) is 64.7 Å². The molecule has 0 spiro atoms. The maximum absolute atomic E-state index is 15.1. The monoisotopic (exact) mass is 431 g/mol. The molecule has 1 fully saturated rings. The second kappa shape index (κ2) is 10.3. The third-order valence-electron chi connectivity index (χ3n) is 5.36. The number of hydrogen-bond acceptors (Lipinski definition) is 4. The van der Waals surface area contributed by atoms with E-state index in [0.29, 0.717) is 18.1 Å². The van der Waals surface area contributed by atoms with Crippen molar-refractivity contribution in [2.24, 2.45) is 11.7 Å². The molecule has 0 heterocycles. The van der Waals surface area contributed by atoms with Crippen molar-refractivity contribution in [3.63, 3.8) is 0 Å². The van der Waals surface area contributed by atoms with E-state index in [0.717, 1.165) is 30.9 Å². The lowest BCUT2D eigenvalue weighted by atomic mass is 9.86. The summed E-state index contributed by atoms with van der Waals surface area (Å²) in [6.07, 6.45) is 1.75. The van der Waals surface area contributed by atoms with Crippen LogP contribution in [-0.2, 0) is 16.1 Å². The van der Waals surface area contributed by atoms with Crippen LogP contribution in [0.25, 0.3) is 0 Å². The second-order valence-corrected chi connectivity index (χ2v) is 7.54. The Morgan fingerprint density at radius 1 is 1.23 bits per heavy atom. The zero-order valence-corrected chi connectivity index (χ0v) is 17.4. The Bertz CT molecular complexity index is 930. The Labute approximate surface area is 180 Å². The van der Waals surface area contributed by atoms with Crippen molar-refractivity contribution in [3.8, 4) is 5.75 Å². The average molecular weight is 431 g/mol. The van der Waals surface area contributed by atoms with Gasteiger partial charge in [-0.25, -0.2) is 8.78 Å². The predicted molar refractivity (Wildman–Crippen MR) is 113 cm³/mol. The standard InChI is InChI=1S/C23H27F2N3O3/c1-2-30-21(23(29)28-12-14-6-8-16(9-7-14)22(26)27)19-17(24)10-11-18(20(19)25)31-13-15-4-3-5-15/h6-11,15,21H,2-5,12-13H2,1H3,(H3,26,27)(H,28,29). The van der Waals surface area contributed by atoms with Gasteiger partial charge in [-0.3, -0.25) is 10.2 Å². The summed E-state index contributed by atoms with van der Waals surface area (Å²) in [7, 11) is 0. The largest absolute Gasteiger partial charge is 0.490 e. The smallest absolute Gasteiger partial charge is 0.254 e. The van der Waals surface area contributed by atoms with Gasteiger partial charge < -0.3 is 20.5 Å². The van der Waals surface area contributed by atoms with Gasteiger partial charge in [0.1, 0.15) is 11.7 Å². The van der Waals surface area contributed by atoms with E-state index in [2.05, 4.69) is 5.32 Å². The molecule has 0 aliphatic heterocycles. The second-order valence-electron chi connectivity index (χ2n) is 7.54. The maximum atomic E-state index is 15.1. The summed E-state index contributed by atoms with van der Waals surface area (Å²) >= 11 is 0. The van der Waals surface area contributed by atoms with Gasteiger partial charge in [0.05, 0.1) is 12.2 Å². The van der Waals surface area contributed by atoms with Crippen LogP contribution in [0.1, 0.15) is 49.0 Å². The summed E-state index contributed by atoms with van der Waals surface area (Å²) in [4.78, 5) is 12.8. The molecule has 1 unspecified atom stereocenters. The minimum Gasteiger partial charge on any atom is -0.490 e. The first kappa shape index (κ1) is 22.7. The fourth-order valence-electron chi connectivity index (χ4n) is 3.31. The van der Waals surface area contributed by atoms with Crippen molar-refractivity contribution >= 4 is 11.7 Å². The van der Waals surface area contributed by atoms with Gasteiger partial charge in [-0.15, -0.1) is 0 Å². The normalized spacial score (nSPS) is 14.5. The van der Waals surface area contributed by atoms with E-state index in [1.54, 1.807) is 31.2 Å². The number of rotatable bonds is 10. The minimum atomic E-state index is -1.45. The van der Waals surface area contributed by atoms with Gasteiger partial charge >= 0.3 is 0 Å². The third-order valence-corrected chi connectivity index (χ3v) is 5.36. The number of carbonyl (C=O) groups is 1. The Morgan fingerprint density at radius 3 is 2.52 bits per heavy atom. The highest BCUT2D eigenvalue weighted by atomic mass is 19.1. The van der Waals surface area contributed by atoms with Crippen LogP contribution in [0.2, 0.25) is 0 Å². The molecule has 0 saturated heterocycles. The SMILES string of the molecule is CCOC(C(=O)NCc1ccc(C(=N)N)cc1)c1c(F)ccc(OCC2CCC2)c1F. The first-order chi connectivity index (χ1) is 14.9. The molecule has 2 aromatic rings. The molecule has 1 aliphatic rings. The van der Waals surface area contributed by atoms with E-state index in [-0.39, 0.29) is 24.7 Å². The fraction of sp³-hybridized carbons (Fsp3) is 0.391. The van der Waals surface area contributed by atoms with Gasteiger partial charge in [0, 0.05) is 18.7 Å². The van der Waals surface area contributed by atoms with Crippen LogP contribution in [-0.4, -0.2) is 25.0 Å². The molecule has 3 rings (SSSR count). The number of ether oxygens (including phenoxy) is 2. The van der Waals surface area contributed by atoms with Crippen molar-refractivity contribution in [2.45, 2.75) is 38.8 Å². The molecule has 1 aliphatic carbocycles. The molecule has 1 amide bonds. The van der Waals surface area contributed by atoms with E-state index in [1.165, 1.54) is 6.07 Å². The number of benzene rings is 2. The quantitative estimate of drug-likeness (QED) is 0.393. The molecule has 0 radical (unpaired) electrons. The number of nitrogen functional groups attached to an aromatic ring is 1. The summed E-state index contributed by atoms with van der Waals surface area (Å²) in [6.45, 7) is 2.23. The summed E-state index contributed by atoms with van der Waals surface area (Å²) in [5.41, 5.74) is 6.27. The highest BCUT2D eigenvalue weighted by Crippen LogP contribution is 2.32. The van der Waals surface area contributed by atoms with Gasteiger partial charge in [0.25, 0.3) is 5.91 Å². The molecule has 31 heavy (non-hydrogen) atoms. The first-order valence-electron chi connectivity index (χ1n) is 10.3. The van der Waals surface area contributed by atoms with Crippen LogP contribution >= 0.6 is 0 Å². The Kier molecular flexibility index (Phi) is 7.57. The highest BCUT2D eigenvalue weighted by Gasteiger charge is 2.30. The summed E-state index contributed by atoms with van der Waals surface area (Å²) in [5.74, 6) is -2.20. The zero-order valence-electron chi connectivity index (χ0n) is 17.4. The Hall–Kier alpha value is -3.00. The fourth-order valence-corrected chi connectivity index (χ4v) is 3.31. The van der Waals surface area contributed by atoms with Crippen molar-refractivity contribution in [1.82, 2.24) is 5.32 Å². The lowest BCUT2D eigenvalue weighted by Crippen LogP contribution is -2.32. The summed E-state index contributed by atoms with van der Waals surface area (Å²) in [5, 5.41) is 10.1. The van der Waals surface area contributed by atoms with Gasteiger partial charge in [-0.2, -0.15) is 0 Å². The van der Waals surface area contributed by atoms with Crippen LogP contribution in [0, 0.1) is 23.0 Å². The number of nitrogens with two attached hydrogens (primary N) is 1. The van der Waals surface area contributed by atoms with Gasteiger partial charge in [-0.1, -0.05) is 30.7 Å². The molecule has 6 nitrogen and oxygen atoms in total. The van der Waals surface area contributed by atoms with Crippen LogP contribution < -0.4 is 15.8 Å². The molecule has 4 N–H and O–H groups in total. The van der Waals surface area contributed by atoms with Crippen molar-refractivity contribution in [1.29, 1.82) is 5.41 Å². The van der Waals surface area contributed by atoms with Crippen LogP contribution in [0.5, 0.6) is 5.75 Å². The molecule has 0 bridgehead atoms. The van der Waals surface area contributed by atoms with Crippen LogP contribution in [0.3, 0.4) is 0 Å². The van der Waals surface area contributed by atoms with E-state index in [4.69, 9.17) is 20.6 Å². The number of amides is 1. The first-order valence-corrected chi connectivity index (χ1v) is 10.3. The molecule has 2 aromatic carbocycles. The molecule has 166 valence electrons.